The van der Waals surface area contributed by atoms with E-state index in [1.165, 1.54) is 12.1 Å². The lowest BCUT2D eigenvalue weighted by atomic mass is 9.91. The molecule has 1 aromatic carbocycles. The van der Waals surface area contributed by atoms with Crippen molar-refractivity contribution in [2.24, 2.45) is 0 Å². The third-order valence-electron chi connectivity index (χ3n) is 5.16. The number of carbonyl (C=O) groups excluding carboxylic acids is 1. The van der Waals surface area contributed by atoms with E-state index >= 15 is 0 Å². The van der Waals surface area contributed by atoms with Crippen LogP contribution >= 0.6 is 0 Å². The molecule has 1 aromatic heterocycles. The Bertz CT molecular complexity index is 747. The summed E-state index contributed by atoms with van der Waals surface area (Å²) >= 11 is 0. The lowest BCUT2D eigenvalue weighted by Crippen LogP contribution is -2.43. The topological polar surface area (TPSA) is 47.4 Å². The van der Waals surface area contributed by atoms with Gasteiger partial charge in [0.1, 0.15) is 11.9 Å². The number of halogens is 1. The van der Waals surface area contributed by atoms with Crippen LogP contribution in [0.25, 0.3) is 5.69 Å². The zero-order valence-electron chi connectivity index (χ0n) is 14.1. The molecule has 0 N–H and O–H groups in total. The van der Waals surface area contributed by atoms with Crippen LogP contribution in [-0.4, -0.2) is 46.4 Å². The number of piperidine rings is 1. The molecule has 4 rings (SSSR count). The number of amides is 1. The highest BCUT2D eigenvalue weighted by molar-refractivity contribution is 5.81. The standard InChI is InChI=1S/C19H22FN3O2/c20-16-3-1-4-17(11-16)23-13-15(12-21-23)14-6-8-22(9-7-14)19(24)18-5-2-10-25-18/h1,3-4,11-14,18H,2,5-10H2. The number of hydrogen-bond acceptors (Lipinski definition) is 3. The van der Waals surface area contributed by atoms with Crippen molar-refractivity contribution in [2.75, 3.05) is 19.7 Å². The van der Waals surface area contributed by atoms with Crippen molar-refractivity contribution < 1.29 is 13.9 Å². The van der Waals surface area contributed by atoms with Crippen LogP contribution in [0.5, 0.6) is 0 Å². The summed E-state index contributed by atoms with van der Waals surface area (Å²) in [7, 11) is 0. The average Bonchev–Trinajstić information content (AvgIpc) is 3.33. The summed E-state index contributed by atoms with van der Waals surface area (Å²) < 4.78 is 20.6. The number of likely N-dealkylation sites (tertiary alicyclic amines) is 1. The number of carbonyl (C=O) groups is 1. The fraction of sp³-hybridized carbons (Fsp3) is 0.474. The monoisotopic (exact) mass is 343 g/mol. The second-order valence-corrected chi connectivity index (χ2v) is 6.80. The minimum atomic E-state index is -0.268. The van der Waals surface area contributed by atoms with Gasteiger partial charge in [-0.05, 0) is 55.4 Å². The number of nitrogens with zero attached hydrogens (tertiary/aromatic N) is 3. The third kappa shape index (κ3) is 3.44. The van der Waals surface area contributed by atoms with Crippen molar-refractivity contribution >= 4 is 5.91 Å². The van der Waals surface area contributed by atoms with E-state index in [0.29, 0.717) is 12.5 Å². The van der Waals surface area contributed by atoms with Gasteiger partial charge in [-0.25, -0.2) is 9.07 Å². The highest BCUT2D eigenvalue weighted by atomic mass is 19.1. The lowest BCUT2D eigenvalue weighted by Gasteiger charge is -2.33. The van der Waals surface area contributed by atoms with E-state index in [-0.39, 0.29) is 17.8 Å². The smallest absolute Gasteiger partial charge is 0.251 e. The van der Waals surface area contributed by atoms with Crippen LogP contribution in [-0.2, 0) is 9.53 Å². The summed E-state index contributed by atoms with van der Waals surface area (Å²) in [4.78, 5) is 14.3. The van der Waals surface area contributed by atoms with Gasteiger partial charge in [-0.2, -0.15) is 5.10 Å². The summed E-state index contributed by atoms with van der Waals surface area (Å²) in [5.74, 6) is 0.262. The highest BCUT2D eigenvalue weighted by Gasteiger charge is 2.31. The van der Waals surface area contributed by atoms with Crippen molar-refractivity contribution in [2.45, 2.75) is 37.7 Å². The summed E-state index contributed by atoms with van der Waals surface area (Å²) in [6, 6.07) is 6.41. The Morgan fingerprint density at radius 1 is 1.24 bits per heavy atom. The van der Waals surface area contributed by atoms with E-state index in [2.05, 4.69) is 5.10 Å². The van der Waals surface area contributed by atoms with E-state index in [1.54, 1.807) is 10.7 Å². The van der Waals surface area contributed by atoms with Crippen molar-refractivity contribution in [3.8, 4) is 5.69 Å². The molecule has 0 bridgehead atoms. The van der Waals surface area contributed by atoms with Crippen LogP contribution in [0.1, 0.15) is 37.2 Å². The molecule has 2 aliphatic rings. The molecule has 0 radical (unpaired) electrons. The number of aromatic nitrogens is 2. The Balaban J connectivity index is 1.39. The first-order chi connectivity index (χ1) is 12.2. The van der Waals surface area contributed by atoms with Gasteiger partial charge in [0, 0.05) is 25.9 Å². The summed E-state index contributed by atoms with van der Waals surface area (Å²) in [5, 5.41) is 4.37. The van der Waals surface area contributed by atoms with Gasteiger partial charge in [-0.1, -0.05) is 6.07 Å². The second-order valence-electron chi connectivity index (χ2n) is 6.80. The first-order valence-electron chi connectivity index (χ1n) is 8.91. The molecular weight excluding hydrogens is 321 g/mol. The molecule has 2 saturated heterocycles. The predicted octanol–water partition coefficient (Wildman–Crippen LogP) is 2.90. The number of ether oxygens (including phenoxy) is 1. The Morgan fingerprint density at radius 3 is 2.80 bits per heavy atom. The maximum Gasteiger partial charge on any atom is 0.251 e. The summed E-state index contributed by atoms with van der Waals surface area (Å²) in [5.41, 5.74) is 1.87. The van der Waals surface area contributed by atoms with Crippen LogP contribution in [0, 0.1) is 5.82 Å². The summed E-state index contributed by atoms with van der Waals surface area (Å²) in [6.45, 7) is 2.22. The zero-order chi connectivity index (χ0) is 17.2. The van der Waals surface area contributed by atoms with Gasteiger partial charge in [-0.3, -0.25) is 4.79 Å². The number of rotatable bonds is 3. The SMILES string of the molecule is O=C(C1CCCO1)N1CCC(c2cnn(-c3cccc(F)c3)c2)CC1. The van der Waals surface area contributed by atoms with Crippen molar-refractivity contribution in [3.05, 3.63) is 48.0 Å². The molecule has 2 fully saturated rings. The maximum atomic E-state index is 13.4. The number of benzene rings is 1. The largest absolute Gasteiger partial charge is 0.368 e. The van der Waals surface area contributed by atoms with E-state index in [9.17, 15) is 9.18 Å². The molecule has 3 heterocycles. The molecular formula is C19H22FN3O2. The molecule has 6 heteroatoms. The van der Waals surface area contributed by atoms with Gasteiger partial charge in [0.25, 0.3) is 5.91 Å². The van der Waals surface area contributed by atoms with Crippen LogP contribution in [0.4, 0.5) is 4.39 Å². The molecule has 1 atom stereocenters. The van der Waals surface area contributed by atoms with Gasteiger partial charge in [0.15, 0.2) is 0 Å². The quantitative estimate of drug-likeness (QED) is 0.861. The van der Waals surface area contributed by atoms with Crippen LogP contribution in [0.3, 0.4) is 0 Å². The Labute approximate surface area is 146 Å². The molecule has 5 nitrogen and oxygen atoms in total. The van der Waals surface area contributed by atoms with Gasteiger partial charge in [0.05, 0.1) is 11.9 Å². The molecule has 1 unspecified atom stereocenters. The van der Waals surface area contributed by atoms with Crippen LogP contribution in [0.2, 0.25) is 0 Å². The Morgan fingerprint density at radius 2 is 2.08 bits per heavy atom. The molecule has 25 heavy (non-hydrogen) atoms. The Hall–Kier alpha value is -2.21. The van der Waals surface area contributed by atoms with E-state index in [4.69, 9.17) is 4.74 Å². The molecule has 132 valence electrons. The first-order valence-corrected chi connectivity index (χ1v) is 8.91. The normalized spacial score (nSPS) is 21.6. The molecule has 2 aliphatic heterocycles. The molecule has 1 amide bonds. The fourth-order valence-electron chi connectivity index (χ4n) is 3.72. The second kappa shape index (κ2) is 6.96. The number of hydrogen-bond donors (Lipinski definition) is 0. The van der Waals surface area contributed by atoms with Gasteiger partial charge in [0.2, 0.25) is 0 Å². The lowest BCUT2D eigenvalue weighted by molar-refractivity contribution is -0.142. The average molecular weight is 343 g/mol. The van der Waals surface area contributed by atoms with Crippen molar-refractivity contribution in [1.82, 2.24) is 14.7 Å². The molecule has 2 aromatic rings. The predicted molar refractivity (Wildman–Crippen MR) is 91.1 cm³/mol. The molecule has 0 saturated carbocycles. The van der Waals surface area contributed by atoms with E-state index in [1.807, 2.05) is 23.4 Å². The molecule has 0 aliphatic carbocycles. The van der Waals surface area contributed by atoms with Crippen LogP contribution in [0.15, 0.2) is 36.7 Å². The minimum absolute atomic E-state index is 0.145. The Kier molecular flexibility index (Phi) is 4.53. The molecule has 0 spiro atoms. The maximum absolute atomic E-state index is 13.4. The highest BCUT2D eigenvalue weighted by Crippen LogP contribution is 2.29. The zero-order valence-corrected chi connectivity index (χ0v) is 14.1. The van der Waals surface area contributed by atoms with Gasteiger partial charge in [-0.15, -0.1) is 0 Å². The minimum Gasteiger partial charge on any atom is -0.368 e. The van der Waals surface area contributed by atoms with Crippen molar-refractivity contribution in [1.29, 1.82) is 0 Å². The summed E-state index contributed by atoms with van der Waals surface area (Å²) in [6.07, 6.45) is 7.27. The first kappa shape index (κ1) is 16.3. The van der Waals surface area contributed by atoms with E-state index < -0.39 is 0 Å². The van der Waals surface area contributed by atoms with Gasteiger partial charge >= 0.3 is 0 Å². The third-order valence-corrected chi connectivity index (χ3v) is 5.16. The fourth-order valence-corrected chi connectivity index (χ4v) is 3.72. The van der Waals surface area contributed by atoms with E-state index in [0.717, 1.165) is 50.0 Å². The van der Waals surface area contributed by atoms with Gasteiger partial charge < -0.3 is 9.64 Å². The van der Waals surface area contributed by atoms with Crippen LogP contribution < -0.4 is 0 Å². The van der Waals surface area contributed by atoms with Crippen molar-refractivity contribution in [3.63, 3.8) is 0 Å².